The van der Waals surface area contributed by atoms with E-state index in [0.717, 1.165) is 5.56 Å². The van der Waals surface area contributed by atoms with Gasteiger partial charge in [-0.1, -0.05) is 30.3 Å². The van der Waals surface area contributed by atoms with Gasteiger partial charge in [-0.3, -0.25) is 0 Å². The van der Waals surface area contributed by atoms with Gasteiger partial charge < -0.3 is 5.11 Å². The fourth-order valence-electron chi connectivity index (χ4n) is 2.16. The second-order valence-electron chi connectivity index (χ2n) is 5.07. The highest BCUT2D eigenvalue weighted by Gasteiger charge is 2.23. The van der Waals surface area contributed by atoms with Gasteiger partial charge in [0, 0.05) is 12.8 Å². The lowest BCUT2D eigenvalue weighted by Gasteiger charge is -2.23. The minimum atomic E-state index is -1.07. The average molecular weight is 262 g/mol. The molecule has 0 aliphatic heterocycles. The van der Waals surface area contributed by atoms with Crippen molar-refractivity contribution in [2.45, 2.75) is 25.4 Å². The molecule has 3 heteroatoms. The maximum absolute atomic E-state index is 13.6. The summed E-state index contributed by atoms with van der Waals surface area (Å²) >= 11 is 0. The summed E-state index contributed by atoms with van der Waals surface area (Å²) in [6.45, 7) is 1.66. The van der Waals surface area contributed by atoms with Gasteiger partial charge in [0.05, 0.1) is 5.60 Å². The molecule has 0 bridgehead atoms. The molecule has 100 valence electrons. The van der Waals surface area contributed by atoms with Crippen LogP contribution >= 0.6 is 0 Å². The summed E-state index contributed by atoms with van der Waals surface area (Å²) in [4.78, 5) is 0. The van der Waals surface area contributed by atoms with Crippen LogP contribution in [0.2, 0.25) is 0 Å². The molecular weight excluding hydrogens is 246 g/mol. The average Bonchev–Trinajstić information content (AvgIpc) is 2.35. The van der Waals surface area contributed by atoms with Crippen molar-refractivity contribution >= 4 is 0 Å². The summed E-state index contributed by atoms with van der Waals surface area (Å²) in [6, 6.07) is 12.4. The van der Waals surface area contributed by atoms with Gasteiger partial charge in [0.1, 0.15) is 11.6 Å². The Morgan fingerprint density at radius 3 is 2.21 bits per heavy atom. The van der Waals surface area contributed by atoms with E-state index in [0.29, 0.717) is 12.0 Å². The Balaban J connectivity index is 2.10. The van der Waals surface area contributed by atoms with Crippen LogP contribution < -0.4 is 0 Å². The third-order valence-electron chi connectivity index (χ3n) is 3.03. The van der Waals surface area contributed by atoms with Crippen molar-refractivity contribution in [3.8, 4) is 0 Å². The Hall–Kier alpha value is -1.74. The zero-order valence-electron chi connectivity index (χ0n) is 10.7. The molecule has 2 aromatic rings. The second-order valence-corrected chi connectivity index (χ2v) is 5.07. The van der Waals surface area contributed by atoms with Crippen LogP contribution in [0, 0.1) is 11.6 Å². The molecule has 0 radical (unpaired) electrons. The zero-order valence-corrected chi connectivity index (χ0v) is 10.7. The van der Waals surface area contributed by atoms with Gasteiger partial charge in [0.25, 0.3) is 0 Å². The van der Waals surface area contributed by atoms with Gasteiger partial charge in [-0.15, -0.1) is 0 Å². The molecule has 19 heavy (non-hydrogen) atoms. The van der Waals surface area contributed by atoms with Gasteiger partial charge in [0.15, 0.2) is 0 Å². The smallest absolute Gasteiger partial charge is 0.126 e. The maximum Gasteiger partial charge on any atom is 0.126 e. The van der Waals surface area contributed by atoms with Crippen molar-refractivity contribution in [2.75, 3.05) is 0 Å². The van der Waals surface area contributed by atoms with Crippen molar-refractivity contribution in [2.24, 2.45) is 0 Å². The minimum Gasteiger partial charge on any atom is -0.389 e. The summed E-state index contributed by atoms with van der Waals surface area (Å²) < 4.78 is 26.4. The van der Waals surface area contributed by atoms with Crippen LogP contribution in [0.1, 0.15) is 18.1 Å². The van der Waals surface area contributed by atoms with Crippen LogP contribution in [0.15, 0.2) is 48.5 Å². The minimum absolute atomic E-state index is 0.219. The molecule has 0 aromatic heterocycles. The van der Waals surface area contributed by atoms with Gasteiger partial charge in [-0.05, 0) is 36.2 Å². The van der Waals surface area contributed by atoms with Crippen LogP contribution in [-0.4, -0.2) is 10.7 Å². The third-order valence-corrected chi connectivity index (χ3v) is 3.03. The van der Waals surface area contributed by atoms with Crippen molar-refractivity contribution in [3.05, 3.63) is 71.3 Å². The Kier molecular flexibility index (Phi) is 3.96. The summed E-state index contributed by atoms with van der Waals surface area (Å²) in [6.07, 6.45) is 0.568. The molecule has 0 saturated heterocycles. The predicted octanol–water partition coefficient (Wildman–Crippen LogP) is 3.50. The first-order valence-electron chi connectivity index (χ1n) is 6.16. The molecule has 2 rings (SSSR count). The van der Waals surface area contributed by atoms with Gasteiger partial charge in [0.2, 0.25) is 0 Å². The number of benzene rings is 2. The standard InChI is InChI=1S/C16H16F2O/c1-16(19,10-12-6-8-14(17)9-7-12)11-13-4-2-3-5-15(13)18/h2-9,19H,10-11H2,1H3. The summed E-state index contributed by atoms with van der Waals surface area (Å²) in [7, 11) is 0. The second kappa shape index (κ2) is 5.49. The van der Waals surface area contributed by atoms with E-state index in [4.69, 9.17) is 0 Å². The van der Waals surface area contributed by atoms with E-state index >= 15 is 0 Å². The Morgan fingerprint density at radius 2 is 1.58 bits per heavy atom. The Morgan fingerprint density at radius 1 is 0.947 bits per heavy atom. The summed E-state index contributed by atoms with van der Waals surface area (Å²) in [5, 5.41) is 10.4. The first-order valence-corrected chi connectivity index (χ1v) is 6.16. The van der Waals surface area contributed by atoms with Gasteiger partial charge in [-0.25, -0.2) is 8.78 Å². The largest absolute Gasteiger partial charge is 0.389 e. The molecule has 0 heterocycles. The topological polar surface area (TPSA) is 20.2 Å². The van der Waals surface area contributed by atoms with Crippen LogP contribution in [0.4, 0.5) is 8.78 Å². The first kappa shape index (κ1) is 13.7. The SMILES string of the molecule is CC(O)(Cc1ccc(F)cc1)Cc1ccccc1F. The number of hydrogen-bond donors (Lipinski definition) is 1. The van der Waals surface area contributed by atoms with E-state index in [1.54, 1.807) is 37.3 Å². The highest BCUT2D eigenvalue weighted by Crippen LogP contribution is 2.20. The fraction of sp³-hybridized carbons (Fsp3) is 0.250. The molecule has 1 atom stereocenters. The number of hydrogen-bond acceptors (Lipinski definition) is 1. The molecule has 0 spiro atoms. The lowest BCUT2D eigenvalue weighted by atomic mass is 9.89. The van der Waals surface area contributed by atoms with E-state index in [1.807, 2.05) is 0 Å². The van der Waals surface area contributed by atoms with E-state index in [2.05, 4.69) is 0 Å². The number of halogens is 2. The van der Waals surface area contributed by atoms with E-state index in [-0.39, 0.29) is 18.1 Å². The molecule has 0 aliphatic rings. The predicted molar refractivity (Wildman–Crippen MR) is 70.8 cm³/mol. The van der Waals surface area contributed by atoms with Crippen molar-refractivity contribution < 1.29 is 13.9 Å². The molecule has 1 unspecified atom stereocenters. The van der Waals surface area contributed by atoms with Gasteiger partial charge in [-0.2, -0.15) is 0 Å². The third kappa shape index (κ3) is 3.86. The maximum atomic E-state index is 13.6. The van der Waals surface area contributed by atoms with Gasteiger partial charge >= 0.3 is 0 Å². The normalized spacial score (nSPS) is 14.1. The molecule has 0 fully saturated rings. The molecule has 0 saturated carbocycles. The number of aliphatic hydroxyl groups is 1. The number of rotatable bonds is 4. The summed E-state index contributed by atoms with van der Waals surface area (Å²) in [5.74, 6) is -0.626. The molecular formula is C16H16F2O. The highest BCUT2D eigenvalue weighted by atomic mass is 19.1. The molecule has 0 amide bonds. The lowest BCUT2D eigenvalue weighted by molar-refractivity contribution is 0.0599. The highest BCUT2D eigenvalue weighted by molar-refractivity contribution is 5.22. The Bertz CT molecular complexity index is 547. The van der Waals surface area contributed by atoms with Crippen molar-refractivity contribution in [1.29, 1.82) is 0 Å². The van der Waals surface area contributed by atoms with Crippen molar-refractivity contribution in [3.63, 3.8) is 0 Å². The monoisotopic (exact) mass is 262 g/mol. The summed E-state index contributed by atoms with van der Waals surface area (Å²) in [5.41, 5.74) is 0.234. The van der Waals surface area contributed by atoms with E-state index < -0.39 is 5.60 Å². The van der Waals surface area contributed by atoms with Crippen LogP contribution in [0.3, 0.4) is 0 Å². The molecule has 1 N–H and O–H groups in total. The van der Waals surface area contributed by atoms with Crippen LogP contribution in [-0.2, 0) is 12.8 Å². The fourth-order valence-corrected chi connectivity index (χ4v) is 2.16. The van der Waals surface area contributed by atoms with E-state index in [9.17, 15) is 13.9 Å². The molecule has 0 aliphatic carbocycles. The van der Waals surface area contributed by atoms with Crippen LogP contribution in [0.25, 0.3) is 0 Å². The quantitative estimate of drug-likeness (QED) is 0.894. The molecule has 2 aromatic carbocycles. The first-order chi connectivity index (χ1) is 8.96. The van der Waals surface area contributed by atoms with Crippen molar-refractivity contribution in [1.82, 2.24) is 0 Å². The zero-order chi connectivity index (χ0) is 13.9. The Labute approximate surface area is 111 Å². The van der Waals surface area contributed by atoms with E-state index in [1.165, 1.54) is 18.2 Å². The molecule has 1 nitrogen and oxygen atoms in total. The lowest BCUT2D eigenvalue weighted by Crippen LogP contribution is -2.30. The van der Waals surface area contributed by atoms with Crippen LogP contribution in [0.5, 0.6) is 0 Å².